The third-order valence-corrected chi connectivity index (χ3v) is 7.52. The molecule has 4 aliphatic rings. The molecule has 2 aromatic carbocycles. The van der Waals surface area contributed by atoms with Crippen molar-refractivity contribution in [3.8, 4) is 0 Å². The van der Waals surface area contributed by atoms with Crippen molar-refractivity contribution in [2.24, 2.45) is 0 Å². The van der Waals surface area contributed by atoms with Crippen LogP contribution in [-0.2, 0) is 19.3 Å². The quantitative estimate of drug-likeness (QED) is 0.783. The van der Waals surface area contributed by atoms with Gasteiger partial charge in [-0.05, 0) is 61.8 Å². The van der Waals surface area contributed by atoms with E-state index < -0.39 is 0 Å². The molecular formula is C24H28N4O. The molecule has 0 bridgehead atoms. The number of likely N-dealkylation sites (tertiary alicyclic amines) is 1. The Kier molecular flexibility index (Phi) is 3.50. The van der Waals surface area contributed by atoms with Crippen LogP contribution in [0.5, 0.6) is 0 Å². The number of amides is 1. The summed E-state index contributed by atoms with van der Waals surface area (Å²) in [4.78, 5) is 17.5. The highest BCUT2D eigenvalue weighted by atomic mass is 16.2. The molecule has 1 saturated heterocycles. The minimum atomic E-state index is 0.0644. The van der Waals surface area contributed by atoms with Crippen LogP contribution < -0.4 is 15.5 Å². The van der Waals surface area contributed by atoms with Crippen LogP contribution in [0.15, 0.2) is 30.3 Å². The molecule has 29 heavy (non-hydrogen) atoms. The Morgan fingerprint density at radius 1 is 1.14 bits per heavy atom. The summed E-state index contributed by atoms with van der Waals surface area (Å²) in [6.45, 7) is 3.96. The lowest BCUT2D eigenvalue weighted by molar-refractivity contribution is 0.0650. The molecular weight excluding hydrogens is 360 g/mol. The van der Waals surface area contributed by atoms with Gasteiger partial charge in [-0.25, -0.2) is 0 Å². The maximum atomic E-state index is 13.2. The molecule has 0 saturated carbocycles. The largest absolute Gasteiger partial charge is 0.377 e. The standard InChI is InChI=1S/C24H28N4O/c1-15-25-22-20(27(15)2)12-19(23(29)28-10-5-11-28)18-8-9-24(26-21(18)22)13-16-6-3-4-7-17(16)14-24/h3-4,6-7,12,15,25-26H,5,8-11,13-14H2,1-2H3. The van der Waals surface area contributed by atoms with E-state index in [-0.39, 0.29) is 17.6 Å². The summed E-state index contributed by atoms with van der Waals surface area (Å²) < 4.78 is 0. The van der Waals surface area contributed by atoms with Gasteiger partial charge >= 0.3 is 0 Å². The number of rotatable bonds is 1. The summed E-state index contributed by atoms with van der Waals surface area (Å²) in [6.07, 6.45) is 5.50. The van der Waals surface area contributed by atoms with E-state index in [0.717, 1.165) is 56.4 Å². The summed E-state index contributed by atoms with van der Waals surface area (Å²) >= 11 is 0. The number of hydrogen-bond acceptors (Lipinski definition) is 4. The van der Waals surface area contributed by atoms with Crippen LogP contribution in [0.3, 0.4) is 0 Å². The topological polar surface area (TPSA) is 47.6 Å². The number of nitrogens with one attached hydrogen (secondary N) is 2. The molecule has 1 fully saturated rings. The Morgan fingerprint density at radius 2 is 1.86 bits per heavy atom. The number of nitrogens with zero attached hydrogens (tertiary/aromatic N) is 2. The first-order valence-corrected chi connectivity index (χ1v) is 10.9. The first-order valence-electron chi connectivity index (χ1n) is 10.9. The summed E-state index contributed by atoms with van der Waals surface area (Å²) in [5.41, 5.74) is 8.58. The van der Waals surface area contributed by atoms with E-state index in [9.17, 15) is 4.79 Å². The van der Waals surface area contributed by atoms with Crippen LogP contribution in [0.25, 0.3) is 0 Å². The van der Waals surface area contributed by atoms with Gasteiger partial charge in [-0.2, -0.15) is 0 Å². The Labute approximate surface area is 172 Å². The molecule has 1 amide bonds. The first kappa shape index (κ1) is 17.2. The molecule has 1 atom stereocenters. The Bertz CT molecular complexity index is 1000. The van der Waals surface area contributed by atoms with Crippen molar-refractivity contribution in [3.63, 3.8) is 0 Å². The average molecular weight is 389 g/mol. The van der Waals surface area contributed by atoms with E-state index in [1.807, 2.05) is 4.90 Å². The number of hydrogen-bond donors (Lipinski definition) is 2. The van der Waals surface area contributed by atoms with Crippen molar-refractivity contribution in [2.75, 3.05) is 35.7 Å². The van der Waals surface area contributed by atoms with Gasteiger partial charge in [0.2, 0.25) is 0 Å². The summed E-state index contributed by atoms with van der Waals surface area (Å²) in [7, 11) is 2.11. The third kappa shape index (κ3) is 2.42. The zero-order chi connectivity index (χ0) is 19.8. The second-order valence-corrected chi connectivity index (χ2v) is 9.28. The van der Waals surface area contributed by atoms with Gasteiger partial charge in [0.1, 0.15) is 0 Å². The van der Waals surface area contributed by atoms with Crippen LogP contribution in [0.4, 0.5) is 17.1 Å². The second kappa shape index (κ2) is 5.91. The molecule has 1 aliphatic carbocycles. The molecule has 150 valence electrons. The molecule has 5 heteroatoms. The minimum absolute atomic E-state index is 0.0644. The number of benzene rings is 2. The van der Waals surface area contributed by atoms with E-state index in [1.165, 1.54) is 28.1 Å². The van der Waals surface area contributed by atoms with Crippen molar-refractivity contribution in [1.29, 1.82) is 0 Å². The lowest BCUT2D eigenvalue weighted by Gasteiger charge is -2.39. The first-order chi connectivity index (χ1) is 14.0. The fraction of sp³-hybridized carbons (Fsp3) is 0.458. The predicted molar refractivity (Wildman–Crippen MR) is 117 cm³/mol. The average Bonchev–Trinajstić information content (AvgIpc) is 3.17. The summed E-state index contributed by atoms with van der Waals surface area (Å²) in [5.74, 6) is 0.204. The Balaban J connectivity index is 1.45. The third-order valence-electron chi connectivity index (χ3n) is 7.52. The SMILES string of the molecule is CC1Nc2c(cc(C(=O)N3CCC3)c3c2NC2(CC3)Cc3ccccc3C2)N1C. The van der Waals surface area contributed by atoms with Gasteiger partial charge < -0.3 is 20.4 Å². The molecule has 1 spiro atoms. The fourth-order valence-corrected chi connectivity index (χ4v) is 5.58. The lowest BCUT2D eigenvalue weighted by atomic mass is 9.81. The Hall–Kier alpha value is -2.69. The zero-order valence-corrected chi connectivity index (χ0v) is 17.2. The highest BCUT2D eigenvalue weighted by molar-refractivity contribution is 6.03. The molecule has 3 heterocycles. The monoisotopic (exact) mass is 388 g/mol. The number of carbonyl (C=O) groups is 1. The maximum Gasteiger partial charge on any atom is 0.254 e. The van der Waals surface area contributed by atoms with Gasteiger partial charge in [-0.15, -0.1) is 0 Å². The highest BCUT2D eigenvalue weighted by Gasteiger charge is 2.43. The molecule has 1 unspecified atom stereocenters. The fourth-order valence-electron chi connectivity index (χ4n) is 5.58. The molecule has 5 nitrogen and oxygen atoms in total. The lowest BCUT2D eigenvalue weighted by Crippen LogP contribution is -2.45. The van der Waals surface area contributed by atoms with E-state index >= 15 is 0 Å². The van der Waals surface area contributed by atoms with Gasteiger partial charge in [0.25, 0.3) is 5.91 Å². The van der Waals surface area contributed by atoms with Gasteiger partial charge in [0, 0.05) is 31.2 Å². The normalized spacial score (nSPS) is 23.0. The van der Waals surface area contributed by atoms with E-state index in [4.69, 9.17) is 0 Å². The number of anilines is 3. The molecule has 0 aromatic heterocycles. The molecule has 0 radical (unpaired) electrons. The number of carbonyl (C=O) groups excluding carboxylic acids is 1. The predicted octanol–water partition coefficient (Wildman–Crippen LogP) is 3.64. The number of fused-ring (bicyclic) bond motifs is 4. The summed E-state index contributed by atoms with van der Waals surface area (Å²) in [6, 6.07) is 11.0. The van der Waals surface area contributed by atoms with Gasteiger partial charge in [0.05, 0.1) is 23.2 Å². The molecule has 2 N–H and O–H groups in total. The molecule has 3 aliphatic heterocycles. The zero-order valence-electron chi connectivity index (χ0n) is 17.2. The van der Waals surface area contributed by atoms with Crippen molar-refractivity contribution in [2.45, 2.75) is 50.7 Å². The van der Waals surface area contributed by atoms with Crippen molar-refractivity contribution in [1.82, 2.24) is 4.90 Å². The van der Waals surface area contributed by atoms with Crippen LogP contribution in [-0.4, -0.2) is 42.6 Å². The second-order valence-electron chi connectivity index (χ2n) is 9.28. The van der Waals surface area contributed by atoms with Gasteiger partial charge in [0.15, 0.2) is 0 Å². The van der Waals surface area contributed by atoms with E-state index in [1.54, 1.807) is 0 Å². The highest BCUT2D eigenvalue weighted by Crippen LogP contribution is 2.50. The van der Waals surface area contributed by atoms with Crippen LogP contribution in [0.1, 0.15) is 46.8 Å². The Morgan fingerprint density at radius 3 is 2.52 bits per heavy atom. The molecule has 2 aromatic rings. The van der Waals surface area contributed by atoms with E-state index in [0.29, 0.717) is 0 Å². The molecule has 6 rings (SSSR count). The summed E-state index contributed by atoms with van der Waals surface area (Å²) in [5, 5.41) is 7.64. The van der Waals surface area contributed by atoms with Crippen LogP contribution in [0, 0.1) is 0 Å². The maximum absolute atomic E-state index is 13.2. The van der Waals surface area contributed by atoms with Crippen molar-refractivity contribution in [3.05, 3.63) is 52.6 Å². The minimum Gasteiger partial charge on any atom is -0.377 e. The van der Waals surface area contributed by atoms with Crippen molar-refractivity contribution >= 4 is 23.0 Å². The smallest absolute Gasteiger partial charge is 0.254 e. The van der Waals surface area contributed by atoms with Gasteiger partial charge in [-0.1, -0.05) is 24.3 Å². The van der Waals surface area contributed by atoms with Crippen LogP contribution in [0.2, 0.25) is 0 Å². The van der Waals surface area contributed by atoms with Crippen LogP contribution >= 0.6 is 0 Å². The van der Waals surface area contributed by atoms with E-state index in [2.05, 4.69) is 59.8 Å². The van der Waals surface area contributed by atoms with Gasteiger partial charge in [-0.3, -0.25) is 4.79 Å². The van der Waals surface area contributed by atoms with Crippen molar-refractivity contribution < 1.29 is 4.79 Å².